The van der Waals surface area contributed by atoms with E-state index in [1.54, 1.807) is 6.20 Å². The number of para-hydroxylation sites is 1. The summed E-state index contributed by atoms with van der Waals surface area (Å²) in [5, 5.41) is 0. The highest BCUT2D eigenvalue weighted by Crippen LogP contribution is 2.52. The van der Waals surface area contributed by atoms with Crippen LogP contribution in [0.2, 0.25) is 0 Å². The average molecular weight is 593 g/mol. The number of aliphatic imine (C=N–C) groups is 1. The SMILES string of the molecule is CC(C)(C)c1ccnc(N2c3ccccc3C(C)(C)c3ccc(Oc4ccnc(C5=N[C@@H]6c7ccccc7C[C@@H]6O5)c4)cc32)c1. The van der Waals surface area contributed by atoms with Crippen molar-refractivity contribution >= 4 is 23.1 Å². The van der Waals surface area contributed by atoms with Gasteiger partial charge in [0, 0.05) is 36.4 Å². The zero-order valence-corrected chi connectivity index (χ0v) is 26.3. The molecule has 5 aromatic rings. The fourth-order valence-corrected chi connectivity index (χ4v) is 6.96. The summed E-state index contributed by atoms with van der Waals surface area (Å²) >= 11 is 0. The van der Waals surface area contributed by atoms with Gasteiger partial charge >= 0.3 is 0 Å². The van der Waals surface area contributed by atoms with Gasteiger partial charge in [-0.2, -0.15) is 0 Å². The Morgan fingerprint density at radius 3 is 2.42 bits per heavy atom. The summed E-state index contributed by atoms with van der Waals surface area (Å²) in [7, 11) is 0. The number of rotatable bonds is 4. The number of hydrogen-bond donors (Lipinski definition) is 0. The number of ether oxygens (including phenoxy) is 2. The van der Waals surface area contributed by atoms with Gasteiger partial charge in [-0.3, -0.25) is 9.88 Å². The van der Waals surface area contributed by atoms with E-state index in [1.165, 1.54) is 27.8 Å². The minimum absolute atomic E-state index is 0.00548. The van der Waals surface area contributed by atoms with Crippen LogP contribution in [-0.2, 0) is 22.0 Å². The van der Waals surface area contributed by atoms with Crippen LogP contribution >= 0.6 is 0 Å². The molecule has 0 fully saturated rings. The Labute approximate surface area is 264 Å². The lowest BCUT2D eigenvalue weighted by Gasteiger charge is -2.41. The third kappa shape index (κ3) is 4.59. The molecule has 1 aliphatic carbocycles. The maximum atomic E-state index is 6.52. The van der Waals surface area contributed by atoms with Gasteiger partial charge in [-0.15, -0.1) is 0 Å². The molecule has 6 nitrogen and oxygen atoms in total. The maximum absolute atomic E-state index is 6.52. The van der Waals surface area contributed by atoms with E-state index in [0.717, 1.165) is 29.4 Å². The Morgan fingerprint density at radius 2 is 1.56 bits per heavy atom. The van der Waals surface area contributed by atoms with Gasteiger partial charge in [-0.05, 0) is 63.6 Å². The molecule has 0 spiro atoms. The summed E-state index contributed by atoms with van der Waals surface area (Å²) in [6, 6.07) is 31.6. The Kier molecular flexibility index (Phi) is 6.14. The van der Waals surface area contributed by atoms with Crippen molar-refractivity contribution in [3.63, 3.8) is 0 Å². The van der Waals surface area contributed by atoms with Crippen LogP contribution in [0.1, 0.15) is 74.2 Å². The molecular weight excluding hydrogens is 556 g/mol. The molecule has 2 aliphatic heterocycles. The molecule has 2 aromatic heterocycles. The van der Waals surface area contributed by atoms with E-state index < -0.39 is 0 Å². The lowest BCUT2D eigenvalue weighted by atomic mass is 9.73. The van der Waals surface area contributed by atoms with E-state index in [-0.39, 0.29) is 23.0 Å². The van der Waals surface area contributed by atoms with E-state index in [4.69, 9.17) is 19.5 Å². The quantitative estimate of drug-likeness (QED) is 0.208. The number of fused-ring (bicyclic) bond motifs is 5. The summed E-state index contributed by atoms with van der Waals surface area (Å²) in [5.41, 5.74) is 8.92. The fraction of sp³-hybridized carbons (Fsp3) is 0.256. The average Bonchev–Trinajstić information content (AvgIpc) is 3.60. The van der Waals surface area contributed by atoms with Gasteiger partial charge < -0.3 is 9.47 Å². The summed E-state index contributed by atoms with van der Waals surface area (Å²) < 4.78 is 12.8. The zero-order valence-electron chi connectivity index (χ0n) is 26.3. The molecule has 0 saturated heterocycles. The van der Waals surface area contributed by atoms with Crippen molar-refractivity contribution in [3.05, 3.63) is 137 Å². The molecule has 0 N–H and O–H groups in total. The minimum Gasteiger partial charge on any atom is -0.470 e. The van der Waals surface area contributed by atoms with E-state index in [1.807, 2.05) is 18.3 Å². The van der Waals surface area contributed by atoms with Gasteiger partial charge in [0.05, 0.1) is 11.4 Å². The normalized spacial score (nSPS) is 19.1. The predicted octanol–water partition coefficient (Wildman–Crippen LogP) is 9.12. The van der Waals surface area contributed by atoms with Crippen molar-refractivity contribution in [2.45, 2.75) is 64.0 Å². The van der Waals surface area contributed by atoms with Gasteiger partial charge in [0.25, 0.3) is 0 Å². The highest BCUT2D eigenvalue weighted by Gasteiger charge is 2.40. The van der Waals surface area contributed by atoms with Gasteiger partial charge in [0.1, 0.15) is 35.2 Å². The molecule has 6 heteroatoms. The standard InChI is InChI=1S/C39H36N4O2/c1-38(2,3)25-16-18-41-35(21-25)43-32-13-9-8-12-29(32)39(4,5)30-15-14-26(23-33(30)43)44-27-17-19-40-31(22-27)37-42-36-28-11-7-6-10-24(28)20-34(36)45-37/h6-19,21-23,34,36H,20H2,1-5H3/t34-,36+/m0/s1. The number of hydrogen-bond acceptors (Lipinski definition) is 6. The van der Waals surface area contributed by atoms with Crippen molar-refractivity contribution in [2.75, 3.05) is 4.90 Å². The summed E-state index contributed by atoms with van der Waals surface area (Å²) in [6.07, 6.45) is 4.55. The van der Waals surface area contributed by atoms with Crippen LogP contribution in [0.25, 0.3) is 0 Å². The second-order valence-corrected chi connectivity index (χ2v) is 13.7. The number of nitrogens with zero attached hydrogens (tertiary/aromatic N) is 4. The Bertz CT molecular complexity index is 1990. The molecule has 0 amide bonds. The molecule has 45 heavy (non-hydrogen) atoms. The topological polar surface area (TPSA) is 59.8 Å². The highest BCUT2D eigenvalue weighted by atomic mass is 16.5. The molecule has 2 atom stereocenters. The first-order valence-electron chi connectivity index (χ1n) is 15.6. The molecule has 3 aromatic carbocycles. The molecular formula is C39H36N4O2. The number of benzene rings is 3. The van der Waals surface area contributed by atoms with Crippen molar-refractivity contribution in [1.82, 2.24) is 9.97 Å². The minimum atomic E-state index is -0.207. The van der Waals surface area contributed by atoms with Gasteiger partial charge in [0.15, 0.2) is 0 Å². The Hall–Kier alpha value is -4.97. The van der Waals surface area contributed by atoms with Crippen LogP contribution in [-0.4, -0.2) is 22.0 Å². The van der Waals surface area contributed by atoms with Crippen LogP contribution in [0.4, 0.5) is 17.2 Å². The van der Waals surface area contributed by atoms with Crippen LogP contribution in [0.3, 0.4) is 0 Å². The van der Waals surface area contributed by atoms with Crippen molar-refractivity contribution in [2.24, 2.45) is 4.99 Å². The van der Waals surface area contributed by atoms with Crippen molar-refractivity contribution in [1.29, 1.82) is 0 Å². The Morgan fingerprint density at radius 1 is 0.800 bits per heavy atom. The Balaban J connectivity index is 1.16. The van der Waals surface area contributed by atoms with Crippen LogP contribution < -0.4 is 9.64 Å². The first-order chi connectivity index (χ1) is 21.7. The molecule has 3 aliphatic rings. The van der Waals surface area contributed by atoms with E-state index >= 15 is 0 Å². The van der Waals surface area contributed by atoms with Gasteiger partial charge in [-0.25, -0.2) is 9.98 Å². The van der Waals surface area contributed by atoms with Crippen molar-refractivity contribution < 1.29 is 9.47 Å². The summed E-state index contributed by atoms with van der Waals surface area (Å²) in [5.74, 6) is 2.87. The second kappa shape index (κ2) is 10.0. The lowest BCUT2D eigenvalue weighted by molar-refractivity contribution is 0.206. The van der Waals surface area contributed by atoms with Crippen LogP contribution in [0, 0.1) is 0 Å². The van der Waals surface area contributed by atoms with E-state index in [9.17, 15) is 0 Å². The lowest BCUT2D eigenvalue weighted by Crippen LogP contribution is -2.31. The predicted molar refractivity (Wildman–Crippen MR) is 178 cm³/mol. The highest BCUT2D eigenvalue weighted by molar-refractivity contribution is 5.94. The van der Waals surface area contributed by atoms with Crippen molar-refractivity contribution in [3.8, 4) is 11.5 Å². The molecule has 0 unspecified atom stereocenters. The second-order valence-electron chi connectivity index (χ2n) is 13.7. The molecule has 0 radical (unpaired) electrons. The number of anilines is 3. The molecule has 8 rings (SSSR count). The summed E-state index contributed by atoms with van der Waals surface area (Å²) in [4.78, 5) is 16.7. The van der Waals surface area contributed by atoms with Crippen LogP contribution in [0.15, 0.2) is 108 Å². The molecule has 4 heterocycles. The molecule has 224 valence electrons. The zero-order chi connectivity index (χ0) is 30.9. The smallest absolute Gasteiger partial charge is 0.236 e. The molecule has 0 bridgehead atoms. The first-order valence-corrected chi connectivity index (χ1v) is 15.6. The van der Waals surface area contributed by atoms with Gasteiger partial charge in [0.2, 0.25) is 5.90 Å². The monoisotopic (exact) mass is 592 g/mol. The van der Waals surface area contributed by atoms with E-state index in [2.05, 4.69) is 123 Å². The fourth-order valence-electron chi connectivity index (χ4n) is 6.96. The number of aromatic nitrogens is 2. The third-order valence-corrected chi connectivity index (χ3v) is 9.39. The largest absolute Gasteiger partial charge is 0.470 e. The molecule has 0 saturated carbocycles. The first kappa shape index (κ1) is 27.6. The number of pyridine rings is 2. The van der Waals surface area contributed by atoms with Crippen LogP contribution in [0.5, 0.6) is 11.5 Å². The summed E-state index contributed by atoms with van der Waals surface area (Å²) in [6.45, 7) is 11.3. The van der Waals surface area contributed by atoms with Gasteiger partial charge in [-0.1, -0.05) is 83.1 Å². The maximum Gasteiger partial charge on any atom is 0.236 e. The third-order valence-electron chi connectivity index (χ3n) is 9.39. The van der Waals surface area contributed by atoms with E-state index in [0.29, 0.717) is 17.3 Å².